The quantitative estimate of drug-likeness (QED) is 0.256. The number of rotatable bonds is 7. The fourth-order valence-corrected chi connectivity index (χ4v) is 4.45. The van der Waals surface area contributed by atoms with E-state index in [0.717, 1.165) is 51.6 Å². The Kier molecular flexibility index (Phi) is 6.41. The molecule has 0 saturated heterocycles. The molecule has 1 heterocycles. The van der Waals surface area contributed by atoms with Gasteiger partial charge in [0.15, 0.2) is 6.61 Å². The molecule has 0 aliphatic rings. The third kappa shape index (κ3) is 4.45. The van der Waals surface area contributed by atoms with Crippen LogP contribution >= 0.6 is 0 Å². The van der Waals surface area contributed by atoms with Gasteiger partial charge in [-0.3, -0.25) is 0 Å². The van der Waals surface area contributed by atoms with E-state index in [1.165, 1.54) is 0 Å². The Balaban J connectivity index is 1.73. The molecule has 0 amide bonds. The van der Waals surface area contributed by atoms with E-state index >= 15 is 0 Å². The summed E-state index contributed by atoms with van der Waals surface area (Å²) in [5, 5.41) is 8.89. The van der Waals surface area contributed by atoms with Gasteiger partial charge in [0.05, 0.1) is 11.4 Å². The Morgan fingerprint density at radius 1 is 0.743 bits per heavy atom. The number of hydrogen-bond donors (Lipinski definition) is 0. The number of aromatic nitrogens is 2. The predicted molar refractivity (Wildman–Crippen MR) is 141 cm³/mol. The second-order valence-corrected chi connectivity index (χ2v) is 8.13. The number of benzene rings is 4. The zero-order chi connectivity index (χ0) is 24.0. The van der Waals surface area contributed by atoms with Crippen LogP contribution in [-0.2, 0) is 6.54 Å². The topological polar surface area (TPSA) is 50.8 Å². The van der Waals surface area contributed by atoms with Gasteiger partial charge in [0, 0.05) is 23.2 Å². The second kappa shape index (κ2) is 10.1. The van der Waals surface area contributed by atoms with E-state index in [9.17, 15) is 0 Å². The maximum Gasteiger partial charge on any atom is 0.174 e. The minimum absolute atomic E-state index is 0.0201. The van der Waals surface area contributed by atoms with E-state index in [1.807, 2.05) is 48.5 Å². The molecule has 4 heteroatoms. The molecule has 0 N–H and O–H groups in total. The monoisotopic (exact) mass is 455 g/mol. The highest BCUT2D eigenvalue weighted by molar-refractivity contribution is 5.87. The molecule has 0 atom stereocenters. The van der Waals surface area contributed by atoms with Crippen LogP contribution in [0.3, 0.4) is 0 Å². The fourth-order valence-electron chi connectivity index (χ4n) is 4.45. The predicted octanol–water partition coefficient (Wildman–Crippen LogP) is 7.47. The maximum absolute atomic E-state index is 8.89. The largest absolute Gasteiger partial charge is 0.479 e. The second-order valence-electron chi connectivity index (χ2n) is 8.13. The van der Waals surface area contributed by atoms with Gasteiger partial charge in [0.25, 0.3) is 0 Å². The molecule has 4 nitrogen and oxygen atoms in total. The molecule has 0 aliphatic heterocycles. The van der Waals surface area contributed by atoms with Gasteiger partial charge in [-0.15, -0.1) is 0 Å². The fraction of sp³-hybridized carbons (Fsp3) is 0.0968. The number of nitrogens with zero attached hydrogens (tertiary/aromatic N) is 3. The Hall–Kier alpha value is -4.62. The summed E-state index contributed by atoms with van der Waals surface area (Å²) >= 11 is 0. The van der Waals surface area contributed by atoms with Crippen LogP contribution in [0.2, 0.25) is 0 Å². The molecule has 4 aromatic carbocycles. The van der Waals surface area contributed by atoms with Crippen molar-refractivity contribution >= 4 is 0 Å². The Labute approximate surface area is 205 Å². The summed E-state index contributed by atoms with van der Waals surface area (Å²) in [5.74, 6) is 1.59. The number of ether oxygens (including phenoxy) is 1. The smallest absolute Gasteiger partial charge is 0.174 e. The highest BCUT2D eigenvalue weighted by Gasteiger charge is 2.22. The summed E-state index contributed by atoms with van der Waals surface area (Å²) in [6, 6.07) is 39.0. The van der Waals surface area contributed by atoms with Crippen LogP contribution in [0.4, 0.5) is 0 Å². The van der Waals surface area contributed by atoms with Crippen molar-refractivity contribution in [1.82, 2.24) is 9.55 Å². The molecule has 1 aromatic heterocycles. The van der Waals surface area contributed by atoms with Crippen molar-refractivity contribution in [3.63, 3.8) is 0 Å². The summed E-state index contributed by atoms with van der Waals surface area (Å²) in [7, 11) is 0. The lowest BCUT2D eigenvalue weighted by Crippen LogP contribution is -2.01. The molecule has 170 valence electrons. The molecule has 35 heavy (non-hydrogen) atoms. The molecule has 0 spiro atoms. The molecule has 0 aliphatic carbocycles. The molecule has 0 bridgehead atoms. The average molecular weight is 456 g/mol. The van der Waals surface area contributed by atoms with Crippen LogP contribution in [0.15, 0.2) is 109 Å². The van der Waals surface area contributed by atoms with Crippen LogP contribution in [0.5, 0.6) is 5.75 Å². The highest BCUT2D eigenvalue weighted by Crippen LogP contribution is 2.39. The Bertz CT molecular complexity index is 1480. The van der Waals surface area contributed by atoms with Crippen LogP contribution in [-0.4, -0.2) is 16.2 Å². The lowest BCUT2D eigenvalue weighted by molar-refractivity contribution is 0.368. The third-order valence-electron chi connectivity index (χ3n) is 5.99. The summed E-state index contributed by atoms with van der Waals surface area (Å²) in [6.45, 7) is 2.95. The van der Waals surface area contributed by atoms with Gasteiger partial charge in [-0.25, -0.2) is 4.98 Å². The standard InChI is InChI=1S/C31H25N3O/c1-2-34-30(24-14-7-4-8-15-24)29(23-12-5-3-6-13-23)33-31(34)28-19-10-9-18-27(28)25-16-11-17-26(22-25)35-21-20-32/h3-19,22H,2,21H2,1H3. The molecule has 0 fully saturated rings. The van der Waals surface area contributed by atoms with Crippen molar-refractivity contribution in [1.29, 1.82) is 5.26 Å². The van der Waals surface area contributed by atoms with Gasteiger partial charge >= 0.3 is 0 Å². The zero-order valence-corrected chi connectivity index (χ0v) is 19.6. The van der Waals surface area contributed by atoms with Crippen LogP contribution in [0.1, 0.15) is 6.92 Å². The van der Waals surface area contributed by atoms with Crippen molar-refractivity contribution in [2.24, 2.45) is 0 Å². The van der Waals surface area contributed by atoms with Crippen LogP contribution in [0, 0.1) is 11.3 Å². The van der Waals surface area contributed by atoms with Crippen molar-refractivity contribution in [3.05, 3.63) is 109 Å². The Morgan fingerprint density at radius 3 is 2.06 bits per heavy atom. The first-order valence-corrected chi connectivity index (χ1v) is 11.7. The summed E-state index contributed by atoms with van der Waals surface area (Å²) in [6.07, 6.45) is 0. The zero-order valence-electron chi connectivity index (χ0n) is 19.6. The SMILES string of the molecule is CCn1c(-c2ccccc2-c2cccc(OCC#N)c2)nc(-c2ccccc2)c1-c1ccccc1. The van der Waals surface area contributed by atoms with Gasteiger partial charge in [0.1, 0.15) is 17.6 Å². The summed E-state index contributed by atoms with van der Waals surface area (Å²) < 4.78 is 7.86. The van der Waals surface area contributed by atoms with Crippen molar-refractivity contribution in [2.45, 2.75) is 13.5 Å². The minimum atomic E-state index is 0.0201. The number of imidazole rings is 1. The molecular formula is C31H25N3O. The molecule has 5 rings (SSSR count). The van der Waals surface area contributed by atoms with Crippen molar-refractivity contribution < 1.29 is 4.74 Å². The molecule has 5 aromatic rings. The average Bonchev–Trinajstić information content (AvgIpc) is 3.32. The first-order chi connectivity index (χ1) is 17.3. The molecule has 0 radical (unpaired) electrons. The summed E-state index contributed by atoms with van der Waals surface area (Å²) in [5.41, 5.74) is 7.43. The molecule has 0 saturated carbocycles. The first kappa shape index (κ1) is 22.2. The van der Waals surface area contributed by atoms with E-state index in [2.05, 4.69) is 78.2 Å². The van der Waals surface area contributed by atoms with Gasteiger partial charge in [-0.2, -0.15) is 5.26 Å². The van der Waals surface area contributed by atoms with E-state index < -0.39 is 0 Å². The van der Waals surface area contributed by atoms with Crippen LogP contribution < -0.4 is 4.74 Å². The molecular weight excluding hydrogens is 430 g/mol. The van der Waals surface area contributed by atoms with Crippen molar-refractivity contribution in [2.75, 3.05) is 6.61 Å². The minimum Gasteiger partial charge on any atom is -0.479 e. The van der Waals surface area contributed by atoms with E-state index in [-0.39, 0.29) is 6.61 Å². The van der Waals surface area contributed by atoms with Gasteiger partial charge < -0.3 is 9.30 Å². The van der Waals surface area contributed by atoms with Gasteiger partial charge in [-0.05, 0) is 30.2 Å². The van der Waals surface area contributed by atoms with Crippen LogP contribution in [0.25, 0.3) is 45.0 Å². The highest BCUT2D eigenvalue weighted by atomic mass is 16.5. The first-order valence-electron chi connectivity index (χ1n) is 11.7. The number of hydrogen-bond acceptors (Lipinski definition) is 3. The molecule has 0 unspecified atom stereocenters. The third-order valence-corrected chi connectivity index (χ3v) is 5.99. The van der Waals surface area contributed by atoms with Crippen molar-refractivity contribution in [3.8, 4) is 56.8 Å². The van der Waals surface area contributed by atoms with Gasteiger partial charge in [0.2, 0.25) is 0 Å². The van der Waals surface area contributed by atoms with E-state index in [1.54, 1.807) is 0 Å². The number of nitriles is 1. The van der Waals surface area contributed by atoms with Gasteiger partial charge in [-0.1, -0.05) is 97.1 Å². The Morgan fingerprint density at radius 2 is 1.37 bits per heavy atom. The van der Waals surface area contributed by atoms with E-state index in [4.69, 9.17) is 15.0 Å². The van der Waals surface area contributed by atoms with E-state index in [0.29, 0.717) is 5.75 Å². The lowest BCUT2D eigenvalue weighted by Gasteiger charge is -2.14. The lowest BCUT2D eigenvalue weighted by atomic mass is 9.99. The normalized spacial score (nSPS) is 10.6. The maximum atomic E-state index is 8.89. The summed E-state index contributed by atoms with van der Waals surface area (Å²) in [4.78, 5) is 5.24.